The van der Waals surface area contributed by atoms with E-state index in [0.29, 0.717) is 0 Å². The van der Waals surface area contributed by atoms with Gasteiger partial charge in [-0.15, -0.1) is 11.3 Å². The molecule has 0 fully saturated rings. The molecule has 2 aromatic carbocycles. The van der Waals surface area contributed by atoms with Crippen molar-refractivity contribution in [3.05, 3.63) is 88.9 Å². The van der Waals surface area contributed by atoms with Gasteiger partial charge in [0, 0.05) is 10.2 Å². The fourth-order valence-electron chi connectivity index (χ4n) is 2.65. The molecule has 0 saturated carbocycles. The van der Waals surface area contributed by atoms with Gasteiger partial charge in [-0.05, 0) is 52.4 Å². The lowest BCUT2D eigenvalue weighted by atomic mass is 10.2. The maximum Gasteiger partial charge on any atom is 0.0446 e. The predicted molar refractivity (Wildman–Crippen MR) is 106 cm³/mol. The van der Waals surface area contributed by atoms with E-state index in [2.05, 4.69) is 88.9 Å². The molecule has 0 N–H and O–H groups in total. The van der Waals surface area contributed by atoms with Gasteiger partial charge in [0.05, 0.1) is 0 Å². The second-order valence-electron chi connectivity index (χ2n) is 5.16. The van der Waals surface area contributed by atoms with E-state index >= 15 is 0 Å². The number of hydrogen-bond donors (Lipinski definition) is 0. The van der Waals surface area contributed by atoms with Crippen molar-refractivity contribution in [1.82, 2.24) is 0 Å². The Morgan fingerprint density at radius 2 is 1.30 bits per heavy atom. The lowest BCUT2D eigenvalue weighted by Crippen LogP contribution is -2.19. The van der Waals surface area contributed by atoms with Crippen LogP contribution in [-0.2, 0) is 0 Å². The molecule has 4 aromatic rings. The first kappa shape index (κ1) is 14.8. The highest BCUT2D eigenvalue weighted by molar-refractivity contribution is 7.84. The Balaban J connectivity index is 1.89. The third-order valence-electron chi connectivity index (χ3n) is 3.71. The summed E-state index contributed by atoms with van der Waals surface area (Å²) in [4.78, 5) is 0. The predicted octanol–water partition coefficient (Wildman–Crippen LogP) is 5.23. The van der Waals surface area contributed by atoms with Gasteiger partial charge in [-0.2, -0.15) is 11.3 Å². The second kappa shape index (κ2) is 6.80. The molecule has 2 heterocycles. The molecule has 4 rings (SSSR count). The van der Waals surface area contributed by atoms with Crippen molar-refractivity contribution in [3.8, 4) is 11.1 Å². The number of thiophene rings is 2. The number of benzene rings is 2. The molecule has 3 heteroatoms. The minimum absolute atomic E-state index is 0.511. The molecule has 23 heavy (non-hydrogen) atoms. The zero-order valence-corrected chi connectivity index (χ0v) is 15.0. The smallest absolute Gasteiger partial charge is 0.0446 e. The maximum atomic E-state index is 2.27. The molecule has 2 aromatic heterocycles. The van der Waals surface area contributed by atoms with Crippen molar-refractivity contribution in [3.63, 3.8) is 0 Å². The highest BCUT2D eigenvalue weighted by Crippen LogP contribution is 2.39. The van der Waals surface area contributed by atoms with Crippen LogP contribution in [0.15, 0.2) is 88.9 Å². The molecule has 0 nitrogen and oxygen atoms in total. The largest absolute Gasteiger partial charge is 0.152 e. The number of rotatable bonds is 4. The normalized spacial score (nSPS) is 11.0. The van der Waals surface area contributed by atoms with Gasteiger partial charge in [0.25, 0.3) is 0 Å². The molecule has 0 aliphatic heterocycles. The molecule has 112 valence electrons. The van der Waals surface area contributed by atoms with Crippen molar-refractivity contribution in [2.75, 3.05) is 0 Å². The van der Waals surface area contributed by atoms with Crippen LogP contribution in [0.5, 0.6) is 0 Å². The Morgan fingerprint density at radius 1 is 0.652 bits per heavy atom. The van der Waals surface area contributed by atoms with E-state index in [-0.39, 0.29) is 0 Å². The topological polar surface area (TPSA) is 0 Å². The van der Waals surface area contributed by atoms with Crippen LogP contribution in [0.2, 0.25) is 0 Å². The Kier molecular flexibility index (Phi) is 4.39. The van der Waals surface area contributed by atoms with Crippen LogP contribution < -0.4 is 15.2 Å². The minimum Gasteiger partial charge on any atom is -0.152 e. The molecule has 0 aliphatic rings. The highest BCUT2D eigenvalue weighted by Gasteiger charge is 2.21. The Hall–Kier alpha value is -1.73. The Labute approximate surface area is 145 Å². The third-order valence-corrected chi connectivity index (χ3v) is 8.25. The fraction of sp³-hybridized carbons (Fsp3) is 0. The lowest BCUT2D eigenvalue weighted by Gasteiger charge is -2.19. The Bertz CT molecular complexity index is 825. The first-order valence-electron chi connectivity index (χ1n) is 7.44. The van der Waals surface area contributed by atoms with Crippen LogP contribution in [0.4, 0.5) is 0 Å². The highest BCUT2D eigenvalue weighted by atomic mass is 32.1. The summed E-state index contributed by atoms with van der Waals surface area (Å²) in [5.74, 6) is 0. The molecule has 0 unspecified atom stereocenters. The van der Waals surface area contributed by atoms with Gasteiger partial charge in [0.2, 0.25) is 0 Å². The zero-order chi connectivity index (χ0) is 15.5. The lowest BCUT2D eigenvalue weighted by molar-refractivity contribution is 1.75. The van der Waals surface area contributed by atoms with Gasteiger partial charge in [0.1, 0.15) is 0 Å². The van der Waals surface area contributed by atoms with Crippen molar-refractivity contribution in [2.24, 2.45) is 0 Å². The third kappa shape index (κ3) is 3.03. The van der Waals surface area contributed by atoms with E-state index in [9.17, 15) is 0 Å². The van der Waals surface area contributed by atoms with Crippen molar-refractivity contribution >= 4 is 45.8 Å². The van der Waals surface area contributed by atoms with Crippen molar-refractivity contribution < 1.29 is 0 Å². The SMILES string of the molecule is c1ccc(P(c2ccccc2)c2sccc2-c2ccsc2)cc1. The van der Waals surface area contributed by atoms with Crippen LogP contribution in [-0.4, -0.2) is 0 Å². The Morgan fingerprint density at radius 3 is 1.87 bits per heavy atom. The average Bonchev–Trinajstić information content (AvgIpc) is 3.28. The van der Waals surface area contributed by atoms with Gasteiger partial charge in [0.15, 0.2) is 0 Å². The van der Waals surface area contributed by atoms with Gasteiger partial charge in [-0.1, -0.05) is 60.7 Å². The summed E-state index contributed by atoms with van der Waals surface area (Å²) in [6.45, 7) is 0. The summed E-state index contributed by atoms with van der Waals surface area (Å²) in [6, 6.07) is 26.3. The minimum atomic E-state index is -0.511. The van der Waals surface area contributed by atoms with E-state index in [0.717, 1.165) is 0 Å². The quantitative estimate of drug-likeness (QED) is 0.442. The van der Waals surface area contributed by atoms with E-state index in [4.69, 9.17) is 0 Å². The van der Waals surface area contributed by atoms with Gasteiger partial charge >= 0.3 is 0 Å². The molecular formula is C20H15PS2. The summed E-state index contributed by atoms with van der Waals surface area (Å²) < 4.78 is 1.48. The van der Waals surface area contributed by atoms with Crippen LogP contribution >= 0.6 is 30.6 Å². The first-order valence-corrected chi connectivity index (χ1v) is 10.6. The zero-order valence-electron chi connectivity index (χ0n) is 12.4. The van der Waals surface area contributed by atoms with E-state index in [1.54, 1.807) is 11.3 Å². The van der Waals surface area contributed by atoms with Crippen molar-refractivity contribution in [2.45, 2.75) is 0 Å². The summed E-state index contributed by atoms with van der Waals surface area (Å²) in [6.07, 6.45) is 0. The van der Waals surface area contributed by atoms with Gasteiger partial charge < -0.3 is 0 Å². The summed E-state index contributed by atoms with van der Waals surface area (Å²) in [5.41, 5.74) is 2.72. The fourth-order valence-corrected chi connectivity index (χ4v) is 7.34. The van der Waals surface area contributed by atoms with Crippen LogP contribution in [0.1, 0.15) is 0 Å². The monoisotopic (exact) mass is 350 g/mol. The van der Waals surface area contributed by atoms with Crippen molar-refractivity contribution in [1.29, 1.82) is 0 Å². The van der Waals surface area contributed by atoms with Gasteiger partial charge in [-0.3, -0.25) is 0 Å². The summed E-state index contributed by atoms with van der Waals surface area (Å²) in [7, 11) is -0.511. The van der Waals surface area contributed by atoms with Gasteiger partial charge in [-0.25, -0.2) is 0 Å². The summed E-state index contributed by atoms with van der Waals surface area (Å²) in [5, 5.41) is 9.45. The molecule has 0 aliphatic carbocycles. The molecule has 0 amide bonds. The maximum absolute atomic E-state index is 2.27. The van der Waals surface area contributed by atoms with E-state index < -0.39 is 7.92 Å². The van der Waals surface area contributed by atoms with Crippen LogP contribution in [0.25, 0.3) is 11.1 Å². The van der Waals surface area contributed by atoms with E-state index in [1.807, 2.05) is 11.3 Å². The molecular weight excluding hydrogens is 335 g/mol. The van der Waals surface area contributed by atoms with Crippen LogP contribution in [0.3, 0.4) is 0 Å². The standard InChI is InChI=1S/C20H15PS2/c1-3-7-17(8-4-1)21(18-9-5-2-6-10-18)20-19(12-14-23-20)16-11-13-22-15-16/h1-15H. The summed E-state index contributed by atoms with van der Waals surface area (Å²) >= 11 is 3.64. The van der Waals surface area contributed by atoms with Crippen LogP contribution in [0, 0.1) is 0 Å². The second-order valence-corrected chi connectivity index (χ2v) is 9.31. The number of hydrogen-bond acceptors (Lipinski definition) is 2. The molecule has 0 radical (unpaired) electrons. The average molecular weight is 350 g/mol. The molecule has 0 spiro atoms. The molecule has 0 saturated heterocycles. The van der Waals surface area contributed by atoms with E-state index in [1.165, 1.54) is 26.4 Å². The molecule has 0 bridgehead atoms. The first-order chi connectivity index (χ1) is 11.4. The molecule has 0 atom stereocenters.